The summed E-state index contributed by atoms with van der Waals surface area (Å²) in [7, 11) is 0. The Labute approximate surface area is 92.1 Å². The fraction of sp³-hybridized carbons (Fsp3) is 0.300. The zero-order valence-electron chi connectivity index (χ0n) is 8.25. The standard InChI is InChI=1S/C10H13BrN2O/c1-3-14-5-4-9-8(12)6-7(2)10(11)13-9/h4-6H,3,12H2,1-2H3/b5-4+. The van der Waals surface area contributed by atoms with Crippen molar-refractivity contribution in [2.45, 2.75) is 13.8 Å². The van der Waals surface area contributed by atoms with E-state index in [0.29, 0.717) is 12.3 Å². The van der Waals surface area contributed by atoms with E-state index in [1.54, 1.807) is 12.3 Å². The number of ether oxygens (including phenoxy) is 1. The van der Waals surface area contributed by atoms with Crippen LogP contribution in [0.2, 0.25) is 0 Å². The first-order chi connectivity index (χ1) is 6.65. The van der Waals surface area contributed by atoms with Gasteiger partial charge in [0.15, 0.2) is 0 Å². The molecule has 0 aromatic carbocycles. The predicted octanol–water partition coefficient (Wildman–Crippen LogP) is 2.74. The third-order valence-corrected chi connectivity index (χ3v) is 2.50. The molecule has 76 valence electrons. The van der Waals surface area contributed by atoms with Gasteiger partial charge in [0.25, 0.3) is 0 Å². The molecule has 0 fully saturated rings. The largest absolute Gasteiger partial charge is 0.501 e. The molecule has 0 radical (unpaired) electrons. The van der Waals surface area contributed by atoms with Gasteiger partial charge < -0.3 is 10.5 Å². The molecule has 1 rings (SSSR count). The third kappa shape index (κ3) is 2.73. The van der Waals surface area contributed by atoms with Crippen LogP contribution in [0.5, 0.6) is 0 Å². The summed E-state index contributed by atoms with van der Waals surface area (Å²) in [5, 5.41) is 0. The second-order valence-electron chi connectivity index (χ2n) is 2.83. The van der Waals surface area contributed by atoms with Crippen molar-refractivity contribution in [3.8, 4) is 0 Å². The van der Waals surface area contributed by atoms with Gasteiger partial charge in [-0.3, -0.25) is 0 Å². The molecule has 0 saturated heterocycles. The number of hydrogen-bond acceptors (Lipinski definition) is 3. The second-order valence-corrected chi connectivity index (χ2v) is 3.58. The number of nitrogens with two attached hydrogens (primary N) is 1. The number of aromatic nitrogens is 1. The molecule has 14 heavy (non-hydrogen) atoms. The summed E-state index contributed by atoms with van der Waals surface area (Å²) in [6.07, 6.45) is 3.35. The van der Waals surface area contributed by atoms with Crippen LogP contribution in [-0.2, 0) is 4.74 Å². The van der Waals surface area contributed by atoms with E-state index in [0.717, 1.165) is 15.9 Å². The van der Waals surface area contributed by atoms with Gasteiger partial charge in [-0.25, -0.2) is 4.98 Å². The highest BCUT2D eigenvalue weighted by molar-refractivity contribution is 9.10. The van der Waals surface area contributed by atoms with Gasteiger partial charge in [0.05, 0.1) is 24.3 Å². The maximum atomic E-state index is 5.78. The van der Waals surface area contributed by atoms with Gasteiger partial charge >= 0.3 is 0 Å². The molecule has 2 N–H and O–H groups in total. The van der Waals surface area contributed by atoms with E-state index in [1.807, 2.05) is 19.9 Å². The van der Waals surface area contributed by atoms with Crippen LogP contribution in [0.3, 0.4) is 0 Å². The lowest BCUT2D eigenvalue weighted by Crippen LogP contribution is -1.95. The zero-order valence-corrected chi connectivity index (χ0v) is 9.84. The molecule has 1 heterocycles. The molecule has 0 unspecified atom stereocenters. The first-order valence-electron chi connectivity index (χ1n) is 4.36. The van der Waals surface area contributed by atoms with Crippen LogP contribution < -0.4 is 5.73 Å². The minimum Gasteiger partial charge on any atom is -0.501 e. The van der Waals surface area contributed by atoms with Crippen molar-refractivity contribution in [3.63, 3.8) is 0 Å². The molecule has 0 atom stereocenters. The van der Waals surface area contributed by atoms with Gasteiger partial charge in [-0.15, -0.1) is 0 Å². The van der Waals surface area contributed by atoms with Crippen LogP contribution in [0.25, 0.3) is 6.08 Å². The van der Waals surface area contributed by atoms with Crippen molar-refractivity contribution in [3.05, 3.63) is 28.2 Å². The van der Waals surface area contributed by atoms with Crippen LogP contribution >= 0.6 is 15.9 Å². The molecule has 1 aromatic heterocycles. The fourth-order valence-corrected chi connectivity index (χ4v) is 1.27. The van der Waals surface area contributed by atoms with Crippen molar-refractivity contribution in [2.24, 2.45) is 0 Å². The van der Waals surface area contributed by atoms with Gasteiger partial charge in [0, 0.05) is 6.08 Å². The summed E-state index contributed by atoms with van der Waals surface area (Å²) in [6, 6.07) is 1.88. The van der Waals surface area contributed by atoms with Crippen molar-refractivity contribution < 1.29 is 4.74 Å². The van der Waals surface area contributed by atoms with Gasteiger partial charge in [-0.05, 0) is 41.4 Å². The Bertz CT molecular complexity index is 350. The number of rotatable bonds is 3. The minimum atomic E-state index is 0.642. The summed E-state index contributed by atoms with van der Waals surface area (Å²) >= 11 is 3.35. The van der Waals surface area contributed by atoms with Gasteiger partial charge in [0.2, 0.25) is 0 Å². The highest BCUT2D eigenvalue weighted by Gasteiger charge is 2.01. The molecule has 0 aliphatic heterocycles. The van der Waals surface area contributed by atoms with Crippen LogP contribution in [0.1, 0.15) is 18.2 Å². The van der Waals surface area contributed by atoms with E-state index < -0.39 is 0 Å². The normalized spacial score (nSPS) is 10.8. The lowest BCUT2D eigenvalue weighted by Gasteiger charge is -2.03. The number of aryl methyl sites for hydroxylation is 1. The van der Waals surface area contributed by atoms with Crippen LogP contribution in [0, 0.1) is 6.92 Å². The monoisotopic (exact) mass is 256 g/mol. The maximum absolute atomic E-state index is 5.78. The molecule has 0 aliphatic carbocycles. The van der Waals surface area contributed by atoms with Crippen LogP contribution in [-0.4, -0.2) is 11.6 Å². The predicted molar refractivity (Wildman–Crippen MR) is 61.7 cm³/mol. The molecular formula is C10H13BrN2O. The highest BCUT2D eigenvalue weighted by atomic mass is 79.9. The van der Waals surface area contributed by atoms with E-state index in [2.05, 4.69) is 20.9 Å². The van der Waals surface area contributed by atoms with E-state index >= 15 is 0 Å². The quantitative estimate of drug-likeness (QED) is 0.669. The molecule has 0 amide bonds. The van der Waals surface area contributed by atoms with E-state index in [1.165, 1.54) is 0 Å². The second kappa shape index (κ2) is 5.00. The first kappa shape index (κ1) is 11.0. The molecule has 1 aromatic rings. The van der Waals surface area contributed by atoms with Gasteiger partial charge in [-0.1, -0.05) is 0 Å². The van der Waals surface area contributed by atoms with Crippen molar-refractivity contribution in [1.82, 2.24) is 4.98 Å². The Morgan fingerprint density at radius 3 is 3.00 bits per heavy atom. The first-order valence-corrected chi connectivity index (χ1v) is 5.15. The summed E-state index contributed by atoms with van der Waals surface area (Å²) < 4.78 is 5.88. The van der Waals surface area contributed by atoms with Crippen molar-refractivity contribution >= 4 is 27.7 Å². The molecular weight excluding hydrogens is 244 g/mol. The minimum absolute atomic E-state index is 0.642. The average Bonchev–Trinajstić information content (AvgIpc) is 2.14. The molecule has 0 aliphatic rings. The Kier molecular flexibility index (Phi) is 3.95. The van der Waals surface area contributed by atoms with Crippen LogP contribution in [0.15, 0.2) is 16.9 Å². The number of nitrogen functional groups attached to an aromatic ring is 1. The molecule has 0 bridgehead atoms. The molecule has 4 heteroatoms. The zero-order chi connectivity index (χ0) is 10.6. The summed E-state index contributed by atoms with van der Waals surface area (Å²) in [5.41, 5.74) is 8.18. The lowest BCUT2D eigenvalue weighted by molar-refractivity contribution is 0.272. The van der Waals surface area contributed by atoms with Gasteiger partial charge in [-0.2, -0.15) is 0 Å². The van der Waals surface area contributed by atoms with E-state index in [9.17, 15) is 0 Å². The van der Waals surface area contributed by atoms with Crippen LogP contribution in [0.4, 0.5) is 5.69 Å². The Morgan fingerprint density at radius 1 is 1.64 bits per heavy atom. The molecule has 0 spiro atoms. The average molecular weight is 257 g/mol. The molecule has 3 nitrogen and oxygen atoms in total. The number of hydrogen-bond donors (Lipinski definition) is 1. The number of halogens is 1. The van der Waals surface area contributed by atoms with Crippen molar-refractivity contribution in [1.29, 1.82) is 0 Å². The SMILES string of the molecule is CCO/C=C/c1nc(Br)c(C)cc1N. The third-order valence-electron chi connectivity index (χ3n) is 1.70. The van der Waals surface area contributed by atoms with E-state index in [4.69, 9.17) is 10.5 Å². The van der Waals surface area contributed by atoms with Gasteiger partial charge in [0.1, 0.15) is 4.60 Å². The number of pyridine rings is 1. The van der Waals surface area contributed by atoms with Crippen molar-refractivity contribution in [2.75, 3.05) is 12.3 Å². The number of nitrogens with zero attached hydrogens (tertiary/aromatic N) is 1. The Hall–Kier alpha value is -1.03. The smallest absolute Gasteiger partial charge is 0.109 e. The fourth-order valence-electron chi connectivity index (χ4n) is 0.968. The summed E-state index contributed by atoms with van der Waals surface area (Å²) in [6.45, 7) is 4.51. The molecule has 0 saturated carbocycles. The lowest BCUT2D eigenvalue weighted by atomic mass is 10.2. The summed E-state index contributed by atoms with van der Waals surface area (Å²) in [5.74, 6) is 0. The topological polar surface area (TPSA) is 48.1 Å². The number of anilines is 1. The Balaban J connectivity index is 2.92. The Morgan fingerprint density at radius 2 is 2.36 bits per heavy atom. The highest BCUT2D eigenvalue weighted by Crippen LogP contribution is 2.20. The summed E-state index contributed by atoms with van der Waals surface area (Å²) in [4.78, 5) is 4.27. The van der Waals surface area contributed by atoms with E-state index in [-0.39, 0.29) is 0 Å². The maximum Gasteiger partial charge on any atom is 0.109 e.